The predicted octanol–water partition coefficient (Wildman–Crippen LogP) is 2.59. The van der Waals surface area contributed by atoms with E-state index in [1.165, 1.54) is 6.42 Å². The number of amides is 1. The summed E-state index contributed by atoms with van der Waals surface area (Å²) in [5, 5.41) is 3.07. The van der Waals surface area contributed by atoms with Gasteiger partial charge in [0.05, 0.1) is 12.3 Å². The van der Waals surface area contributed by atoms with Crippen LogP contribution >= 0.6 is 0 Å². The fraction of sp³-hybridized carbons (Fsp3) is 0.533. The minimum absolute atomic E-state index is 0.0474. The van der Waals surface area contributed by atoms with E-state index in [0.29, 0.717) is 35.6 Å². The van der Waals surface area contributed by atoms with Gasteiger partial charge in [-0.3, -0.25) is 4.79 Å². The molecule has 0 saturated heterocycles. The average Bonchev–Trinajstić information content (AvgIpc) is 2.77. The summed E-state index contributed by atoms with van der Waals surface area (Å²) in [6.07, 6.45) is 3.33. The van der Waals surface area contributed by atoms with Gasteiger partial charge in [0.15, 0.2) is 0 Å². The van der Waals surface area contributed by atoms with Crippen molar-refractivity contribution in [2.75, 3.05) is 12.3 Å². The molecule has 0 aromatic heterocycles. The van der Waals surface area contributed by atoms with Gasteiger partial charge >= 0.3 is 0 Å². The SMILES string of the molecule is CCOc1ccc(C(=O)NC2CCC(C)C2)cc1N. The lowest BCUT2D eigenvalue weighted by Gasteiger charge is -2.13. The quantitative estimate of drug-likeness (QED) is 0.820. The van der Waals surface area contributed by atoms with Crippen molar-refractivity contribution in [2.45, 2.75) is 39.2 Å². The Bertz CT molecular complexity index is 459. The van der Waals surface area contributed by atoms with E-state index in [4.69, 9.17) is 10.5 Å². The molecule has 104 valence electrons. The van der Waals surface area contributed by atoms with Crippen LogP contribution in [0.2, 0.25) is 0 Å². The van der Waals surface area contributed by atoms with Gasteiger partial charge in [0.1, 0.15) is 5.75 Å². The topological polar surface area (TPSA) is 64.3 Å². The summed E-state index contributed by atoms with van der Waals surface area (Å²) >= 11 is 0. The normalized spacial score (nSPS) is 22.2. The van der Waals surface area contributed by atoms with E-state index in [2.05, 4.69) is 12.2 Å². The lowest BCUT2D eigenvalue weighted by Crippen LogP contribution is -2.32. The van der Waals surface area contributed by atoms with Gasteiger partial charge in [-0.2, -0.15) is 0 Å². The first kappa shape index (κ1) is 13.7. The van der Waals surface area contributed by atoms with Crippen molar-refractivity contribution in [2.24, 2.45) is 5.92 Å². The number of rotatable bonds is 4. The Morgan fingerprint density at radius 1 is 1.47 bits per heavy atom. The van der Waals surface area contributed by atoms with E-state index in [1.54, 1.807) is 18.2 Å². The molecule has 4 nitrogen and oxygen atoms in total. The average molecular weight is 262 g/mol. The van der Waals surface area contributed by atoms with Crippen molar-refractivity contribution in [3.8, 4) is 5.75 Å². The standard InChI is InChI=1S/C15H22N2O2/c1-3-19-14-7-5-11(9-13(14)16)15(18)17-12-6-4-10(2)8-12/h5,7,9-10,12H,3-4,6,8,16H2,1-2H3,(H,17,18). The number of carbonyl (C=O) groups excluding carboxylic acids is 1. The summed E-state index contributed by atoms with van der Waals surface area (Å²) in [6.45, 7) is 4.69. The number of carbonyl (C=O) groups is 1. The van der Waals surface area contributed by atoms with Crippen molar-refractivity contribution in [3.05, 3.63) is 23.8 Å². The van der Waals surface area contributed by atoms with E-state index < -0.39 is 0 Å². The van der Waals surface area contributed by atoms with Crippen LogP contribution in [0.1, 0.15) is 43.5 Å². The molecule has 0 heterocycles. The number of nitrogen functional groups attached to an aromatic ring is 1. The van der Waals surface area contributed by atoms with Crippen LogP contribution in [-0.2, 0) is 0 Å². The highest BCUT2D eigenvalue weighted by molar-refractivity contribution is 5.95. The molecule has 0 aliphatic heterocycles. The second-order valence-corrected chi connectivity index (χ2v) is 5.27. The highest BCUT2D eigenvalue weighted by Crippen LogP contribution is 2.26. The van der Waals surface area contributed by atoms with E-state index in [9.17, 15) is 4.79 Å². The summed E-state index contributed by atoms with van der Waals surface area (Å²) in [5.41, 5.74) is 6.98. The number of anilines is 1. The Labute approximate surface area is 114 Å². The fourth-order valence-corrected chi connectivity index (χ4v) is 2.58. The van der Waals surface area contributed by atoms with Crippen LogP contribution in [0.15, 0.2) is 18.2 Å². The lowest BCUT2D eigenvalue weighted by molar-refractivity contribution is 0.0937. The van der Waals surface area contributed by atoms with E-state index in [-0.39, 0.29) is 5.91 Å². The first-order valence-corrected chi connectivity index (χ1v) is 6.93. The zero-order valence-corrected chi connectivity index (χ0v) is 11.6. The molecule has 0 radical (unpaired) electrons. The zero-order chi connectivity index (χ0) is 13.8. The molecule has 0 bridgehead atoms. The number of benzene rings is 1. The van der Waals surface area contributed by atoms with E-state index >= 15 is 0 Å². The molecule has 1 aliphatic rings. The van der Waals surface area contributed by atoms with Gasteiger partial charge in [-0.1, -0.05) is 6.92 Å². The monoisotopic (exact) mass is 262 g/mol. The number of ether oxygens (including phenoxy) is 1. The molecule has 0 spiro atoms. The third kappa shape index (κ3) is 3.40. The Kier molecular flexibility index (Phi) is 4.30. The third-order valence-electron chi connectivity index (χ3n) is 3.60. The van der Waals surface area contributed by atoms with Crippen LogP contribution in [0.4, 0.5) is 5.69 Å². The second-order valence-electron chi connectivity index (χ2n) is 5.27. The van der Waals surface area contributed by atoms with Gasteiger partial charge in [-0.25, -0.2) is 0 Å². The van der Waals surface area contributed by atoms with Crippen LogP contribution in [0.25, 0.3) is 0 Å². The molecule has 1 aliphatic carbocycles. The minimum atomic E-state index is -0.0474. The Morgan fingerprint density at radius 2 is 2.26 bits per heavy atom. The van der Waals surface area contributed by atoms with Crippen LogP contribution in [0.5, 0.6) is 5.75 Å². The van der Waals surface area contributed by atoms with Gasteiger partial charge in [0, 0.05) is 11.6 Å². The summed E-state index contributed by atoms with van der Waals surface area (Å²) in [4.78, 5) is 12.1. The number of hydrogen-bond acceptors (Lipinski definition) is 3. The maximum absolute atomic E-state index is 12.1. The highest BCUT2D eigenvalue weighted by Gasteiger charge is 2.23. The van der Waals surface area contributed by atoms with E-state index in [0.717, 1.165) is 12.8 Å². The molecule has 19 heavy (non-hydrogen) atoms. The molecular weight excluding hydrogens is 240 g/mol. The summed E-state index contributed by atoms with van der Waals surface area (Å²) in [5.74, 6) is 1.29. The molecular formula is C15H22N2O2. The molecule has 4 heteroatoms. The van der Waals surface area contributed by atoms with Crippen molar-refractivity contribution in [3.63, 3.8) is 0 Å². The number of nitrogens with one attached hydrogen (secondary N) is 1. The van der Waals surface area contributed by atoms with Crippen molar-refractivity contribution in [1.82, 2.24) is 5.32 Å². The predicted molar refractivity (Wildman–Crippen MR) is 76.3 cm³/mol. The Balaban J connectivity index is 2.01. The molecule has 1 aromatic carbocycles. The van der Waals surface area contributed by atoms with Crippen molar-refractivity contribution in [1.29, 1.82) is 0 Å². The van der Waals surface area contributed by atoms with Gasteiger partial charge in [-0.05, 0) is 50.3 Å². The largest absolute Gasteiger partial charge is 0.492 e. The molecule has 2 rings (SSSR count). The molecule has 3 N–H and O–H groups in total. The van der Waals surface area contributed by atoms with Crippen molar-refractivity contribution < 1.29 is 9.53 Å². The highest BCUT2D eigenvalue weighted by atomic mass is 16.5. The van der Waals surface area contributed by atoms with Crippen LogP contribution in [0, 0.1) is 5.92 Å². The Hall–Kier alpha value is -1.71. The lowest BCUT2D eigenvalue weighted by atomic mass is 10.1. The molecule has 1 aromatic rings. The smallest absolute Gasteiger partial charge is 0.251 e. The summed E-state index contributed by atoms with van der Waals surface area (Å²) < 4.78 is 5.36. The summed E-state index contributed by atoms with van der Waals surface area (Å²) in [6, 6.07) is 5.49. The summed E-state index contributed by atoms with van der Waals surface area (Å²) in [7, 11) is 0. The first-order chi connectivity index (χ1) is 9.10. The molecule has 1 amide bonds. The molecule has 1 saturated carbocycles. The van der Waals surface area contributed by atoms with Gasteiger partial charge < -0.3 is 15.8 Å². The van der Waals surface area contributed by atoms with Crippen LogP contribution in [0.3, 0.4) is 0 Å². The maximum Gasteiger partial charge on any atom is 0.251 e. The van der Waals surface area contributed by atoms with Gasteiger partial charge in [-0.15, -0.1) is 0 Å². The molecule has 2 atom stereocenters. The molecule has 2 unspecified atom stereocenters. The van der Waals surface area contributed by atoms with Gasteiger partial charge in [0.2, 0.25) is 0 Å². The minimum Gasteiger partial charge on any atom is -0.492 e. The molecule has 1 fully saturated rings. The van der Waals surface area contributed by atoms with Crippen LogP contribution < -0.4 is 15.8 Å². The fourth-order valence-electron chi connectivity index (χ4n) is 2.58. The van der Waals surface area contributed by atoms with Gasteiger partial charge in [0.25, 0.3) is 5.91 Å². The van der Waals surface area contributed by atoms with Crippen LogP contribution in [-0.4, -0.2) is 18.6 Å². The third-order valence-corrected chi connectivity index (χ3v) is 3.60. The zero-order valence-electron chi connectivity index (χ0n) is 11.6. The number of hydrogen-bond donors (Lipinski definition) is 2. The number of nitrogens with two attached hydrogens (primary N) is 1. The second kappa shape index (κ2) is 5.95. The Morgan fingerprint density at radius 3 is 2.84 bits per heavy atom. The van der Waals surface area contributed by atoms with Crippen molar-refractivity contribution >= 4 is 11.6 Å². The van der Waals surface area contributed by atoms with E-state index in [1.807, 2.05) is 6.92 Å². The first-order valence-electron chi connectivity index (χ1n) is 6.93. The maximum atomic E-state index is 12.1.